The predicted octanol–water partition coefficient (Wildman–Crippen LogP) is 3.16. The maximum absolute atomic E-state index is 12.3. The highest BCUT2D eigenvalue weighted by atomic mass is 16.3. The molecule has 0 heterocycles. The molecule has 0 atom stereocenters. The Morgan fingerprint density at radius 2 is 1.44 bits per heavy atom. The van der Waals surface area contributed by atoms with Gasteiger partial charge in [0.15, 0.2) is 0 Å². The number of rotatable bonds is 4. The molecule has 4 N–H and O–H groups in total. The zero-order valence-corrected chi connectivity index (χ0v) is 13.4. The third-order valence-electron chi connectivity index (χ3n) is 3.68. The second-order valence-electron chi connectivity index (χ2n) is 5.37. The Labute approximate surface area is 145 Å². The van der Waals surface area contributed by atoms with Crippen molar-refractivity contribution in [2.75, 3.05) is 5.73 Å². The number of nitrogens with one attached hydrogen (secondary N) is 1. The standard InChI is InChI=1S/C20H17N3O2/c21-17-12-6-4-10-15(17)19(16-11-5-7-13-18(16)24)22-23-20(25)14-8-2-1-3-9-14/h1-13,24H,21H2,(H,23,25)/b22-19+. The molecule has 124 valence electrons. The molecule has 0 aromatic heterocycles. The number of hydrogen-bond acceptors (Lipinski definition) is 4. The van der Waals surface area contributed by atoms with E-state index >= 15 is 0 Å². The molecule has 0 saturated carbocycles. The highest BCUT2D eigenvalue weighted by Gasteiger charge is 2.14. The Morgan fingerprint density at radius 3 is 2.12 bits per heavy atom. The minimum atomic E-state index is -0.344. The summed E-state index contributed by atoms with van der Waals surface area (Å²) in [7, 11) is 0. The smallest absolute Gasteiger partial charge is 0.271 e. The molecular formula is C20H17N3O2. The highest BCUT2D eigenvalue weighted by Crippen LogP contribution is 2.23. The van der Waals surface area contributed by atoms with Gasteiger partial charge in [-0.05, 0) is 30.3 Å². The van der Waals surface area contributed by atoms with E-state index in [9.17, 15) is 9.90 Å². The third kappa shape index (κ3) is 3.67. The van der Waals surface area contributed by atoms with E-state index in [-0.39, 0.29) is 11.7 Å². The van der Waals surface area contributed by atoms with Crippen molar-refractivity contribution in [1.29, 1.82) is 0 Å². The van der Waals surface area contributed by atoms with Gasteiger partial charge in [0.05, 0.1) is 0 Å². The fraction of sp³-hybridized carbons (Fsp3) is 0. The number of benzene rings is 3. The first-order chi connectivity index (χ1) is 12.2. The minimum Gasteiger partial charge on any atom is -0.507 e. The van der Waals surface area contributed by atoms with Crippen LogP contribution in [0.1, 0.15) is 21.5 Å². The maximum atomic E-state index is 12.3. The van der Waals surface area contributed by atoms with Crippen LogP contribution in [0, 0.1) is 0 Å². The number of phenols is 1. The Kier molecular flexibility index (Phi) is 4.76. The Balaban J connectivity index is 2.01. The number of nitrogen functional groups attached to an aromatic ring is 1. The number of para-hydroxylation sites is 2. The highest BCUT2D eigenvalue weighted by molar-refractivity contribution is 6.17. The molecule has 3 aromatic carbocycles. The summed E-state index contributed by atoms with van der Waals surface area (Å²) >= 11 is 0. The van der Waals surface area contributed by atoms with Crippen molar-refractivity contribution in [3.8, 4) is 5.75 Å². The summed E-state index contributed by atoms with van der Waals surface area (Å²) in [6, 6.07) is 22.7. The second kappa shape index (κ2) is 7.31. The number of nitrogens with two attached hydrogens (primary N) is 1. The van der Waals surface area contributed by atoms with Gasteiger partial charge in [-0.25, -0.2) is 5.43 Å². The van der Waals surface area contributed by atoms with E-state index in [2.05, 4.69) is 10.5 Å². The summed E-state index contributed by atoms with van der Waals surface area (Å²) in [6.45, 7) is 0. The summed E-state index contributed by atoms with van der Waals surface area (Å²) in [5, 5.41) is 14.4. The van der Waals surface area contributed by atoms with E-state index in [1.165, 1.54) is 0 Å². The van der Waals surface area contributed by atoms with Crippen molar-refractivity contribution in [3.63, 3.8) is 0 Å². The number of hydrazone groups is 1. The second-order valence-corrected chi connectivity index (χ2v) is 5.37. The van der Waals surface area contributed by atoms with Crippen LogP contribution in [0.25, 0.3) is 0 Å². The van der Waals surface area contributed by atoms with Gasteiger partial charge in [0.2, 0.25) is 0 Å². The van der Waals surface area contributed by atoms with E-state index in [0.717, 1.165) is 0 Å². The third-order valence-corrected chi connectivity index (χ3v) is 3.68. The van der Waals surface area contributed by atoms with Gasteiger partial charge in [0, 0.05) is 22.4 Å². The lowest BCUT2D eigenvalue weighted by Gasteiger charge is -2.11. The van der Waals surface area contributed by atoms with Crippen LogP contribution >= 0.6 is 0 Å². The van der Waals surface area contributed by atoms with Crippen molar-refractivity contribution >= 4 is 17.3 Å². The molecule has 0 saturated heterocycles. The van der Waals surface area contributed by atoms with Crippen LogP contribution in [0.4, 0.5) is 5.69 Å². The topological polar surface area (TPSA) is 87.7 Å². The van der Waals surface area contributed by atoms with Gasteiger partial charge in [0.1, 0.15) is 11.5 Å². The molecule has 0 unspecified atom stereocenters. The van der Waals surface area contributed by atoms with Crippen LogP contribution in [0.15, 0.2) is 84.0 Å². The van der Waals surface area contributed by atoms with Crippen LogP contribution in [0.5, 0.6) is 5.75 Å². The van der Waals surface area contributed by atoms with Crippen LogP contribution in [-0.4, -0.2) is 16.7 Å². The molecule has 25 heavy (non-hydrogen) atoms. The van der Waals surface area contributed by atoms with Gasteiger partial charge < -0.3 is 10.8 Å². The van der Waals surface area contributed by atoms with Gasteiger partial charge in [-0.3, -0.25) is 4.79 Å². The summed E-state index contributed by atoms with van der Waals surface area (Å²) in [6.07, 6.45) is 0. The fourth-order valence-corrected chi connectivity index (χ4v) is 2.41. The average Bonchev–Trinajstić information content (AvgIpc) is 2.65. The summed E-state index contributed by atoms with van der Waals surface area (Å²) in [5.74, 6) is -0.290. The summed E-state index contributed by atoms with van der Waals surface area (Å²) < 4.78 is 0. The van der Waals surface area contributed by atoms with Crippen LogP contribution < -0.4 is 11.2 Å². The predicted molar refractivity (Wildman–Crippen MR) is 98.5 cm³/mol. The van der Waals surface area contributed by atoms with Crippen LogP contribution in [0.3, 0.4) is 0 Å². The number of carbonyl (C=O) groups is 1. The van der Waals surface area contributed by atoms with Crippen LogP contribution in [0.2, 0.25) is 0 Å². The molecule has 0 aliphatic heterocycles. The first kappa shape index (κ1) is 16.3. The summed E-state index contributed by atoms with van der Waals surface area (Å²) in [4.78, 5) is 12.3. The van der Waals surface area contributed by atoms with Crippen molar-refractivity contribution in [1.82, 2.24) is 5.43 Å². The Bertz CT molecular complexity index is 873. The first-order valence-corrected chi connectivity index (χ1v) is 7.73. The normalized spacial score (nSPS) is 11.1. The fourth-order valence-electron chi connectivity index (χ4n) is 2.41. The number of amides is 1. The molecule has 1 amide bonds. The number of phenolic OH excluding ortho intramolecular Hbond substituents is 1. The van der Waals surface area contributed by atoms with Gasteiger partial charge in [-0.2, -0.15) is 5.10 Å². The largest absolute Gasteiger partial charge is 0.507 e. The molecule has 0 bridgehead atoms. The zero-order chi connectivity index (χ0) is 17.6. The van der Waals surface area contributed by atoms with E-state index in [1.54, 1.807) is 60.7 Å². The number of carbonyl (C=O) groups excluding carboxylic acids is 1. The van der Waals surface area contributed by atoms with Gasteiger partial charge >= 0.3 is 0 Å². The number of aromatic hydroxyl groups is 1. The number of anilines is 1. The minimum absolute atomic E-state index is 0.0541. The van der Waals surface area contributed by atoms with Crippen molar-refractivity contribution in [3.05, 3.63) is 95.6 Å². The van der Waals surface area contributed by atoms with Crippen molar-refractivity contribution < 1.29 is 9.90 Å². The van der Waals surface area contributed by atoms with Gasteiger partial charge in [0.25, 0.3) is 5.91 Å². The molecule has 0 spiro atoms. The van der Waals surface area contributed by atoms with Crippen molar-refractivity contribution in [2.45, 2.75) is 0 Å². The zero-order valence-electron chi connectivity index (χ0n) is 13.4. The molecule has 0 fully saturated rings. The molecule has 5 heteroatoms. The summed E-state index contributed by atoms with van der Waals surface area (Å²) in [5.41, 5.74) is 11.1. The molecule has 3 rings (SSSR count). The number of hydrogen-bond donors (Lipinski definition) is 3. The lowest BCUT2D eigenvalue weighted by molar-refractivity contribution is 0.0955. The van der Waals surface area contributed by atoms with Gasteiger partial charge in [-0.15, -0.1) is 0 Å². The monoisotopic (exact) mass is 331 g/mol. The molecule has 5 nitrogen and oxygen atoms in total. The van der Waals surface area contributed by atoms with E-state index in [4.69, 9.17) is 5.73 Å². The van der Waals surface area contributed by atoms with E-state index in [0.29, 0.717) is 28.1 Å². The van der Waals surface area contributed by atoms with E-state index < -0.39 is 0 Å². The Hall–Kier alpha value is -3.60. The van der Waals surface area contributed by atoms with E-state index in [1.807, 2.05) is 18.2 Å². The van der Waals surface area contributed by atoms with Gasteiger partial charge in [-0.1, -0.05) is 48.5 Å². The molecule has 3 aromatic rings. The van der Waals surface area contributed by atoms with Crippen LogP contribution in [-0.2, 0) is 0 Å². The SMILES string of the molecule is Nc1ccccc1/C(=N\NC(=O)c1ccccc1)c1ccccc1O. The first-order valence-electron chi connectivity index (χ1n) is 7.73. The molecule has 0 aliphatic carbocycles. The lowest BCUT2D eigenvalue weighted by Crippen LogP contribution is -2.21. The quantitative estimate of drug-likeness (QED) is 0.390. The lowest BCUT2D eigenvalue weighted by atomic mass is 10.00. The molecule has 0 radical (unpaired) electrons. The Morgan fingerprint density at radius 1 is 0.840 bits per heavy atom. The van der Waals surface area contributed by atoms with Crippen molar-refractivity contribution in [2.24, 2.45) is 5.10 Å². The molecule has 0 aliphatic rings. The number of nitrogens with zero attached hydrogens (tertiary/aromatic N) is 1. The molecular weight excluding hydrogens is 314 g/mol. The maximum Gasteiger partial charge on any atom is 0.271 e. The average molecular weight is 331 g/mol.